The maximum Gasteiger partial charge on any atom is 0.336 e. The van der Waals surface area contributed by atoms with Gasteiger partial charge in [-0.1, -0.05) is 48.5 Å². The molecule has 0 unspecified atom stereocenters. The molecular formula is C23H17NO3. The first kappa shape index (κ1) is 16.8. The molecule has 0 saturated heterocycles. The number of pyridine rings is 1. The number of rotatable bonds is 4. The molecule has 132 valence electrons. The van der Waals surface area contributed by atoms with E-state index in [2.05, 4.69) is 0 Å². The van der Waals surface area contributed by atoms with Crippen molar-refractivity contribution in [2.75, 3.05) is 7.11 Å². The first-order valence-electron chi connectivity index (χ1n) is 8.54. The van der Waals surface area contributed by atoms with Crippen LogP contribution >= 0.6 is 0 Å². The largest absolute Gasteiger partial charge is 0.497 e. The van der Waals surface area contributed by atoms with Crippen LogP contribution in [0.2, 0.25) is 0 Å². The van der Waals surface area contributed by atoms with Gasteiger partial charge in [-0.15, -0.1) is 0 Å². The predicted molar refractivity (Wildman–Crippen MR) is 106 cm³/mol. The van der Waals surface area contributed by atoms with Crippen molar-refractivity contribution >= 4 is 16.9 Å². The van der Waals surface area contributed by atoms with E-state index in [0.717, 1.165) is 22.4 Å². The van der Waals surface area contributed by atoms with E-state index >= 15 is 0 Å². The number of carboxylic acids is 1. The maximum atomic E-state index is 11.9. The molecule has 4 nitrogen and oxygen atoms in total. The summed E-state index contributed by atoms with van der Waals surface area (Å²) in [6, 6.07) is 24.6. The highest BCUT2D eigenvalue weighted by molar-refractivity contribution is 6.07. The second-order valence-corrected chi connectivity index (χ2v) is 6.16. The number of hydrogen-bond acceptors (Lipinski definition) is 3. The number of ether oxygens (including phenoxy) is 1. The van der Waals surface area contributed by atoms with E-state index in [1.807, 2.05) is 66.7 Å². The van der Waals surface area contributed by atoms with E-state index in [0.29, 0.717) is 16.6 Å². The molecule has 4 rings (SSSR count). The highest BCUT2D eigenvalue weighted by Crippen LogP contribution is 2.32. The van der Waals surface area contributed by atoms with Crippen molar-refractivity contribution in [3.05, 3.63) is 84.4 Å². The number of benzene rings is 3. The van der Waals surface area contributed by atoms with E-state index < -0.39 is 5.97 Å². The summed E-state index contributed by atoms with van der Waals surface area (Å²) in [5.74, 6) is -0.231. The average Bonchev–Trinajstić information content (AvgIpc) is 2.73. The van der Waals surface area contributed by atoms with Crippen LogP contribution in [0.25, 0.3) is 33.3 Å². The molecule has 0 aliphatic heterocycles. The van der Waals surface area contributed by atoms with E-state index in [1.54, 1.807) is 19.2 Å². The van der Waals surface area contributed by atoms with Crippen LogP contribution in [0.15, 0.2) is 78.9 Å². The van der Waals surface area contributed by atoms with E-state index in [9.17, 15) is 9.90 Å². The number of aromatic carboxylic acids is 1. The number of nitrogens with zero attached hydrogens (tertiary/aromatic N) is 1. The quantitative estimate of drug-likeness (QED) is 0.541. The molecular weight excluding hydrogens is 338 g/mol. The molecule has 4 aromatic rings. The molecule has 0 amide bonds. The third-order valence-corrected chi connectivity index (χ3v) is 4.54. The Morgan fingerprint density at radius 3 is 2.30 bits per heavy atom. The summed E-state index contributed by atoms with van der Waals surface area (Å²) >= 11 is 0. The van der Waals surface area contributed by atoms with Gasteiger partial charge in [-0.25, -0.2) is 9.78 Å². The second kappa shape index (κ2) is 6.92. The molecule has 0 aliphatic carbocycles. The van der Waals surface area contributed by atoms with Crippen LogP contribution in [-0.4, -0.2) is 23.2 Å². The Morgan fingerprint density at radius 1 is 0.889 bits per heavy atom. The van der Waals surface area contributed by atoms with Crippen LogP contribution < -0.4 is 4.74 Å². The van der Waals surface area contributed by atoms with Crippen LogP contribution in [0.3, 0.4) is 0 Å². The summed E-state index contributed by atoms with van der Waals surface area (Å²) in [5.41, 5.74) is 4.27. The topological polar surface area (TPSA) is 59.4 Å². The van der Waals surface area contributed by atoms with Crippen molar-refractivity contribution in [3.63, 3.8) is 0 Å². The normalized spacial score (nSPS) is 10.7. The summed E-state index contributed by atoms with van der Waals surface area (Å²) in [7, 11) is 1.61. The lowest BCUT2D eigenvalue weighted by molar-refractivity contribution is 0.0699. The summed E-state index contributed by atoms with van der Waals surface area (Å²) in [6.07, 6.45) is 0. The summed E-state index contributed by atoms with van der Waals surface area (Å²) in [5, 5.41) is 10.4. The number of hydrogen-bond donors (Lipinski definition) is 1. The van der Waals surface area contributed by atoms with Crippen molar-refractivity contribution in [1.29, 1.82) is 0 Å². The highest BCUT2D eigenvalue weighted by Gasteiger charge is 2.16. The Morgan fingerprint density at radius 2 is 1.63 bits per heavy atom. The van der Waals surface area contributed by atoms with Gasteiger partial charge in [-0.3, -0.25) is 0 Å². The zero-order valence-electron chi connectivity index (χ0n) is 14.7. The minimum atomic E-state index is -0.970. The number of fused-ring (bicyclic) bond motifs is 1. The van der Waals surface area contributed by atoms with Gasteiger partial charge in [0.2, 0.25) is 0 Å². The van der Waals surface area contributed by atoms with Gasteiger partial charge in [0.05, 0.1) is 23.9 Å². The number of para-hydroxylation sites is 1. The number of carbonyl (C=O) groups is 1. The Kier molecular flexibility index (Phi) is 4.30. The van der Waals surface area contributed by atoms with Crippen LogP contribution in [-0.2, 0) is 0 Å². The van der Waals surface area contributed by atoms with E-state index in [1.165, 1.54) is 0 Å². The predicted octanol–water partition coefficient (Wildman–Crippen LogP) is 5.28. The fraction of sp³-hybridized carbons (Fsp3) is 0.0435. The lowest BCUT2D eigenvalue weighted by atomic mass is 9.98. The van der Waals surface area contributed by atoms with E-state index in [-0.39, 0.29) is 5.56 Å². The molecule has 0 saturated carbocycles. The van der Waals surface area contributed by atoms with Crippen LogP contribution in [0, 0.1) is 0 Å². The van der Waals surface area contributed by atoms with Gasteiger partial charge in [-0.05, 0) is 35.9 Å². The molecule has 0 spiro atoms. The zero-order valence-corrected chi connectivity index (χ0v) is 14.7. The minimum absolute atomic E-state index is 0.239. The summed E-state index contributed by atoms with van der Waals surface area (Å²) < 4.78 is 5.20. The molecule has 0 atom stereocenters. The second-order valence-electron chi connectivity index (χ2n) is 6.16. The smallest absolute Gasteiger partial charge is 0.336 e. The Balaban J connectivity index is 1.99. The lowest BCUT2D eigenvalue weighted by Crippen LogP contribution is -2.01. The SMILES string of the molecule is COc1ccc(-c2cc(C(=O)O)c3cccc(-c4ccccc4)c3n2)cc1. The minimum Gasteiger partial charge on any atom is -0.497 e. The number of aromatic nitrogens is 1. The van der Waals surface area contributed by atoms with Gasteiger partial charge in [0.25, 0.3) is 0 Å². The fourth-order valence-electron chi connectivity index (χ4n) is 3.19. The van der Waals surface area contributed by atoms with Gasteiger partial charge in [-0.2, -0.15) is 0 Å². The lowest BCUT2D eigenvalue weighted by Gasteiger charge is -2.11. The Labute approximate surface area is 156 Å². The molecule has 1 aromatic heterocycles. The molecule has 3 aromatic carbocycles. The van der Waals surface area contributed by atoms with Crippen LogP contribution in [0.4, 0.5) is 0 Å². The average molecular weight is 355 g/mol. The van der Waals surface area contributed by atoms with Crippen molar-refractivity contribution < 1.29 is 14.6 Å². The van der Waals surface area contributed by atoms with Crippen molar-refractivity contribution in [1.82, 2.24) is 4.98 Å². The van der Waals surface area contributed by atoms with Crippen molar-refractivity contribution in [2.45, 2.75) is 0 Å². The molecule has 0 fully saturated rings. The zero-order chi connectivity index (χ0) is 18.8. The Hall–Kier alpha value is -3.66. The van der Waals surface area contributed by atoms with Crippen LogP contribution in [0.5, 0.6) is 5.75 Å². The molecule has 0 bridgehead atoms. The standard InChI is InChI=1S/C23H17NO3/c1-27-17-12-10-16(11-13-17)21-14-20(23(25)26)19-9-5-8-18(22(19)24-21)15-6-3-2-4-7-15/h2-14H,1H3,(H,25,26). The first-order valence-corrected chi connectivity index (χ1v) is 8.54. The molecule has 27 heavy (non-hydrogen) atoms. The molecule has 0 aliphatic rings. The third kappa shape index (κ3) is 3.13. The monoisotopic (exact) mass is 355 g/mol. The highest BCUT2D eigenvalue weighted by atomic mass is 16.5. The van der Waals surface area contributed by atoms with E-state index in [4.69, 9.17) is 9.72 Å². The van der Waals surface area contributed by atoms with Gasteiger partial charge < -0.3 is 9.84 Å². The molecule has 1 N–H and O–H groups in total. The molecule has 1 heterocycles. The third-order valence-electron chi connectivity index (χ3n) is 4.54. The van der Waals surface area contributed by atoms with Crippen LogP contribution in [0.1, 0.15) is 10.4 Å². The van der Waals surface area contributed by atoms with Crippen molar-refractivity contribution in [3.8, 4) is 28.1 Å². The van der Waals surface area contributed by atoms with Gasteiger partial charge in [0, 0.05) is 16.5 Å². The van der Waals surface area contributed by atoms with Gasteiger partial charge in [0.1, 0.15) is 5.75 Å². The van der Waals surface area contributed by atoms with Gasteiger partial charge >= 0.3 is 5.97 Å². The summed E-state index contributed by atoms with van der Waals surface area (Å²) in [4.78, 5) is 16.7. The van der Waals surface area contributed by atoms with Gasteiger partial charge in [0.15, 0.2) is 0 Å². The maximum absolute atomic E-state index is 11.9. The molecule has 0 radical (unpaired) electrons. The van der Waals surface area contributed by atoms with Crippen molar-refractivity contribution in [2.24, 2.45) is 0 Å². The first-order chi connectivity index (χ1) is 13.2. The summed E-state index contributed by atoms with van der Waals surface area (Å²) in [6.45, 7) is 0. The fourth-order valence-corrected chi connectivity index (χ4v) is 3.19. The molecule has 4 heteroatoms. The number of methoxy groups -OCH3 is 1. The Bertz CT molecular complexity index is 1120. The number of carboxylic acid groups (broad SMARTS) is 1.